The standard InChI is InChI=1S/C39H57N2O13P/c1-8-47-35(43)27(4)54-55(46,51-23-29-12-10-9-11-13-29)25-50-30-16-14-28(15-17-30)20-32(40-37(44)52-34-24-49-36-31(34)18-19-48-36)33(42)22-41(21-26(2)3)38(45)53-39(5,6)7/h9-17,26-27,31-34,36,42H,8,18-25H2,1-7H3,(H,40,44)/t27?,31-,32-,33+,34-,36+,55?/m0/s1. The lowest BCUT2D eigenvalue weighted by Crippen LogP contribution is -2.52. The molecule has 2 heterocycles. The number of aliphatic hydroxyl groups excluding tert-OH is 1. The number of nitrogens with zero attached hydrogens (tertiary/aromatic N) is 1. The highest BCUT2D eigenvalue weighted by Gasteiger charge is 2.44. The highest BCUT2D eigenvalue weighted by atomic mass is 31.2. The fourth-order valence-electron chi connectivity index (χ4n) is 6.02. The Kier molecular flexibility index (Phi) is 16.4. The molecule has 0 bridgehead atoms. The summed E-state index contributed by atoms with van der Waals surface area (Å²) >= 11 is 0. The van der Waals surface area contributed by atoms with Crippen LogP contribution >= 0.6 is 7.60 Å². The number of aliphatic hydroxyl groups is 1. The molecule has 306 valence electrons. The average molecular weight is 793 g/mol. The number of fused-ring (bicyclic) bond motifs is 1. The van der Waals surface area contributed by atoms with E-state index in [1.54, 1.807) is 64.1 Å². The van der Waals surface area contributed by atoms with E-state index in [1.165, 1.54) is 11.8 Å². The first kappa shape index (κ1) is 44.0. The van der Waals surface area contributed by atoms with Gasteiger partial charge in [0.05, 0.1) is 51.0 Å². The predicted molar refractivity (Wildman–Crippen MR) is 201 cm³/mol. The fraction of sp³-hybridized carbons (Fsp3) is 0.615. The SMILES string of the molecule is CCOC(=O)C(C)OP(=O)(COc1ccc(C[C@H](NC(=O)O[C@H]2CO[C@H]3OCC[C@H]32)[C@H](O)CN(CC(C)C)C(=O)OC(C)(C)C)cc1)OCc1ccccc1. The van der Waals surface area contributed by atoms with Gasteiger partial charge in [-0.05, 0) is 76.6 Å². The molecule has 2 saturated heterocycles. The molecule has 2 aliphatic heterocycles. The molecule has 16 heteroatoms. The molecule has 0 spiro atoms. The van der Waals surface area contributed by atoms with Crippen LogP contribution in [0.15, 0.2) is 54.6 Å². The van der Waals surface area contributed by atoms with E-state index in [2.05, 4.69) is 5.32 Å². The molecule has 15 nitrogen and oxygen atoms in total. The van der Waals surface area contributed by atoms with Gasteiger partial charge in [0.2, 0.25) is 0 Å². The molecule has 0 radical (unpaired) electrons. The Labute approximate surface area is 323 Å². The normalized spacial score (nSPS) is 20.8. The van der Waals surface area contributed by atoms with Crippen LogP contribution in [-0.2, 0) is 55.1 Å². The van der Waals surface area contributed by atoms with Crippen LogP contribution in [0.5, 0.6) is 5.75 Å². The van der Waals surface area contributed by atoms with Gasteiger partial charge in [-0.25, -0.2) is 14.4 Å². The number of hydrogen-bond donors (Lipinski definition) is 2. The summed E-state index contributed by atoms with van der Waals surface area (Å²) in [6, 6.07) is 14.9. The van der Waals surface area contributed by atoms with Crippen molar-refractivity contribution < 1.29 is 61.5 Å². The summed E-state index contributed by atoms with van der Waals surface area (Å²) < 4.78 is 58.5. The number of hydrogen-bond acceptors (Lipinski definition) is 13. The molecule has 2 aliphatic rings. The smallest absolute Gasteiger partial charge is 0.410 e. The van der Waals surface area contributed by atoms with E-state index in [1.807, 2.05) is 32.0 Å². The summed E-state index contributed by atoms with van der Waals surface area (Å²) in [5.41, 5.74) is 0.703. The van der Waals surface area contributed by atoms with Gasteiger partial charge in [0.15, 0.2) is 18.7 Å². The molecule has 4 rings (SSSR count). The first-order chi connectivity index (χ1) is 26.0. The van der Waals surface area contributed by atoms with Gasteiger partial charge >= 0.3 is 25.8 Å². The number of esters is 1. The molecule has 0 aliphatic carbocycles. The maximum atomic E-state index is 13.8. The molecule has 2 aromatic rings. The molecule has 0 saturated carbocycles. The first-order valence-electron chi connectivity index (χ1n) is 18.7. The lowest BCUT2D eigenvalue weighted by Gasteiger charge is -2.32. The minimum atomic E-state index is -3.99. The Hall–Kier alpha value is -3.72. The minimum Gasteiger partial charge on any atom is -0.481 e. The van der Waals surface area contributed by atoms with Crippen molar-refractivity contribution in [2.45, 2.75) is 104 Å². The molecule has 2 aromatic carbocycles. The lowest BCUT2D eigenvalue weighted by molar-refractivity contribution is -0.151. The van der Waals surface area contributed by atoms with Crippen LogP contribution in [0.2, 0.25) is 0 Å². The number of carbonyl (C=O) groups excluding carboxylic acids is 3. The molecular weight excluding hydrogens is 735 g/mol. The van der Waals surface area contributed by atoms with Crippen LogP contribution in [0.4, 0.5) is 9.59 Å². The van der Waals surface area contributed by atoms with Crippen molar-refractivity contribution in [1.82, 2.24) is 10.2 Å². The minimum absolute atomic E-state index is 0.0412. The van der Waals surface area contributed by atoms with Gasteiger partial charge in [-0.3, -0.25) is 9.09 Å². The van der Waals surface area contributed by atoms with Crippen LogP contribution in [-0.4, -0.2) is 104 Å². The van der Waals surface area contributed by atoms with E-state index < -0.39 is 68.3 Å². The average Bonchev–Trinajstić information content (AvgIpc) is 3.75. The Morgan fingerprint density at radius 2 is 1.71 bits per heavy atom. The van der Waals surface area contributed by atoms with Crippen LogP contribution in [0.25, 0.3) is 0 Å². The second-order valence-corrected chi connectivity index (χ2v) is 17.0. The highest BCUT2D eigenvalue weighted by molar-refractivity contribution is 7.53. The summed E-state index contributed by atoms with van der Waals surface area (Å²) in [6.07, 6.45) is -4.26. The van der Waals surface area contributed by atoms with Crippen molar-refractivity contribution in [1.29, 1.82) is 0 Å². The quantitative estimate of drug-likeness (QED) is 0.0955. The van der Waals surface area contributed by atoms with E-state index in [-0.39, 0.29) is 44.6 Å². The van der Waals surface area contributed by atoms with Crippen LogP contribution < -0.4 is 10.1 Å². The predicted octanol–water partition coefficient (Wildman–Crippen LogP) is 6.05. The van der Waals surface area contributed by atoms with Crippen LogP contribution in [0.3, 0.4) is 0 Å². The fourth-order valence-corrected chi connectivity index (χ4v) is 7.43. The molecule has 2 N–H and O–H groups in total. The van der Waals surface area contributed by atoms with Crippen LogP contribution in [0.1, 0.15) is 66.0 Å². The number of carbonyl (C=O) groups is 3. The van der Waals surface area contributed by atoms with Crippen molar-refractivity contribution in [3.05, 3.63) is 65.7 Å². The third-order valence-corrected chi connectivity index (χ3v) is 10.2. The molecule has 2 unspecified atom stereocenters. The Morgan fingerprint density at radius 3 is 2.36 bits per heavy atom. The number of ether oxygens (including phenoxy) is 6. The van der Waals surface area contributed by atoms with E-state index >= 15 is 0 Å². The largest absolute Gasteiger partial charge is 0.481 e. The van der Waals surface area contributed by atoms with E-state index in [0.29, 0.717) is 30.9 Å². The zero-order valence-corrected chi connectivity index (χ0v) is 33.7. The number of rotatable bonds is 19. The third-order valence-electron chi connectivity index (χ3n) is 8.63. The molecule has 55 heavy (non-hydrogen) atoms. The summed E-state index contributed by atoms with van der Waals surface area (Å²) in [5, 5.41) is 14.4. The van der Waals surface area contributed by atoms with Gasteiger partial charge in [0.1, 0.15) is 17.5 Å². The van der Waals surface area contributed by atoms with Crippen molar-refractivity contribution in [3.63, 3.8) is 0 Å². The maximum Gasteiger partial charge on any atom is 0.410 e. The lowest BCUT2D eigenvalue weighted by atomic mass is 10.0. The third kappa shape index (κ3) is 14.4. The number of alkyl carbamates (subject to hydrolysis) is 1. The summed E-state index contributed by atoms with van der Waals surface area (Å²) in [5.74, 6) is -0.360. The summed E-state index contributed by atoms with van der Waals surface area (Å²) in [4.78, 5) is 40.1. The summed E-state index contributed by atoms with van der Waals surface area (Å²) in [6.45, 7) is 13.3. The van der Waals surface area contributed by atoms with Crippen molar-refractivity contribution in [3.8, 4) is 5.75 Å². The zero-order chi connectivity index (χ0) is 40.2. The van der Waals surface area contributed by atoms with Gasteiger partial charge in [-0.15, -0.1) is 0 Å². The van der Waals surface area contributed by atoms with Crippen LogP contribution in [0, 0.1) is 11.8 Å². The van der Waals surface area contributed by atoms with Gasteiger partial charge in [-0.2, -0.15) is 0 Å². The zero-order valence-electron chi connectivity index (χ0n) is 32.8. The molecule has 2 amide bonds. The second-order valence-electron chi connectivity index (χ2n) is 15.1. The molecule has 2 fully saturated rings. The Bertz CT molecular complexity index is 1570. The number of nitrogens with one attached hydrogen (secondary N) is 1. The Morgan fingerprint density at radius 1 is 1.00 bits per heavy atom. The summed E-state index contributed by atoms with van der Waals surface area (Å²) in [7, 11) is -3.99. The van der Waals surface area contributed by atoms with Crippen molar-refractivity contribution >= 4 is 25.8 Å². The molecular formula is C39H57N2O13P. The monoisotopic (exact) mass is 792 g/mol. The van der Waals surface area contributed by atoms with Crippen molar-refractivity contribution in [2.24, 2.45) is 11.8 Å². The molecule has 0 aromatic heterocycles. The number of amides is 2. The number of benzene rings is 2. The first-order valence-corrected chi connectivity index (χ1v) is 20.5. The molecule has 7 atom stereocenters. The van der Waals surface area contributed by atoms with Gasteiger partial charge in [-0.1, -0.05) is 56.3 Å². The van der Waals surface area contributed by atoms with Gasteiger partial charge < -0.3 is 48.3 Å². The van der Waals surface area contributed by atoms with Gasteiger partial charge in [0.25, 0.3) is 0 Å². The van der Waals surface area contributed by atoms with E-state index in [9.17, 15) is 24.1 Å². The highest BCUT2D eigenvalue weighted by Crippen LogP contribution is 2.50. The van der Waals surface area contributed by atoms with Crippen molar-refractivity contribution in [2.75, 3.05) is 39.3 Å². The maximum absolute atomic E-state index is 13.8. The van der Waals surface area contributed by atoms with Gasteiger partial charge in [0, 0.05) is 6.54 Å². The van der Waals surface area contributed by atoms with E-state index in [4.69, 9.17) is 37.5 Å². The second kappa shape index (κ2) is 20.4. The Balaban J connectivity index is 1.47. The topological polar surface area (TPSA) is 178 Å². The van der Waals surface area contributed by atoms with E-state index in [0.717, 1.165) is 5.56 Å².